The second-order valence-corrected chi connectivity index (χ2v) is 3.72. The highest BCUT2D eigenvalue weighted by atomic mass is 16.5. The molecule has 7 heteroatoms. The molecule has 0 atom stereocenters. The molecule has 0 unspecified atom stereocenters. The number of carbonyl (C=O) groups is 2. The lowest BCUT2D eigenvalue weighted by molar-refractivity contribution is -0.139. The topological polar surface area (TPSA) is 96.1 Å². The molecule has 1 rings (SSSR count). The van der Waals surface area contributed by atoms with Crippen LogP contribution in [-0.2, 0) is 9.53 Å². The number of esters is 1. The van der Waals surface area contributed by atoms with Crippen LogP contribution in [0.5, 0.6) is 0 Å². The second kappa shape index (κ2) is 5.88. The molecule has 7 nitrogen and oxygen atoms in total. The highest BCUT2D eigenvalue weighted by Gasteiger charge is 2.11. The van der Waals surface area contributed by atoms with Crippen molar-refractivity contribution in [3.05, 3.63) is 11.8 Å². The minimum atomic E-state index is -0.501. The van der Waals surface area contributed by atoms with E-state index in [2.05, 4.69) is 25.6 Å². The summed E-state index contributed by atoms with van der Waals surface area (Å²) in [7, 11) is 1.26. The van der Waals surface area contributed by atoms with Gasteiger partial charge in [0.1, 0.15) is 18.1 Å². The molecular weight excluding hydrogens is 224 g/mol. The molecule has 1 heterocycles. The van der Waals surface area contributed by atoms with Crippen LogP contribution in [0.2, 0.25) is 0 Å². The van der Waals surface area contributed by atoms with Gasteiger partial charge < -0.3 is 15.4 Å². The van der Waals surface area contributed by atoms with Crippen molar-refractivity contribution in [2.75, 3.05) is 19.0 Å². The Hall–Kier alpha value is -2.05. The maximum Gasteiger partial charge on any atom is 0.325 e. The summed E-state index contributed by atoms with van der Waals surface area (Å²) in [4.78, 5) is 22.4. The molecule has 0 fully saturated rings. The van der Waals surface area contributed by atoms with E-state index in [0.717, 1.165) is 0 Å². The first-order valence-electron chi connectivity index (χ1n) is 5.20. The fourth-order valence-corrected chi connectivity index (χ4v) is 1.13. The first-order chi connectivity index (χ1) is 8.02. The molecule has 0 aliphatic heterocycles. The molecule has 0 aromatic carbocycles. The summed E-state index contributed by atoms with van der Waals surface area (Å²) in [6, 6.07) is 1.80. The van der Waals surface area contributed by atoms with Gasteiger partial charge in [0.25, 0.3) is 5.91 Å². The number of carbonyl (C=O) groups excluding carboxylic acids is 2. The number of aromatic nitrogens is 2. The Labute approximate surface area is 98.9 Å². The van der Waals surface area contributed by atoms with E-state index in [4.69, 9.17) is 0 Å². The van der Waals surface area contributed by atoms with Gasteiger partial charge >= 0.3 is 5.97 Å². The number of anilines is 1. The molecule has 0 bridgehead atoms. The molecule has 0 aliphatic carbocycles. The third-order valence-corrected chi connectivity index (χ3v) is 1.88. The molecule has 1 aromatic rings. The largest absolute Gasteiger partial charge is 0.468 e. The van der Waals surface area contributed by atoms with Crippen molar-refractivity contribution in [1.29, 1.82) is 0 Å². The normalized spacial score (nSPS) is 10.1. The van der Waals surface area contributed by atoms with Gasteiger partial charge in [0.15, 0.2) is 0 Å². The predicted octanol–water partition coefficient (Wildman–Crippen LogP) is 0.133. The summed E-state index contributed by atoms with van der Waals surface area (Å²) in [6.45, 7) is 3.76. The Bertz CT molecular complexity index is 400. The van der Waals surface area contributed by atoms with Crippen LogP contribution in [0.1, 0.15) is 24.3 Å². The van der Waals surface area contributed by atoms with Crippen LogP contribution in [0.4, 0.5) is 5.82 Å². The Morgan fingerprint density at radius 1 is 1.53 bits per heavy atom. The lowest BCUT2D eigenvalue weighted by atomic mass is 10.3. The molecule has 3 N–H and O–H groups in total. The van der Waals surface area contributed by atoms with Gasteiger partial charge in [-0.1, -0.05) is 0 Å². The summed E-state index contributed by atoms with van der Waals surface area (Å²) in [5, 5.41) is 11.9. The van der Waals surface area contributed by atoms with Crippen molar-refractivity contribution < 1.29 is 14.3 Å². The lowest BCUT2D eigenvalue weighted by Gasteiger charge is -2.04. The van der Waals surface area contributed by atoms with Crippen LogP contribution in [-0.4, -0.2) is 41.8 Å². The first-order valence-corrected chi connectivity index (χ1v) is 5.20. The van der Waals surface area contributed by atoms with Crippen LogP contribution in [0, 0.1) is 0 Å². The Morgan fingerprint density at radius 3 is 2.82 bits per heavy atom. The SMILES string of the molecule is COC(=O)CNC(=O)c1cc(NC(C)C)n[nH]1. The van der Waals surface area contributed by atoms with Gasteiger partial charge in [0.05, 0.1) is 7.11 Å². The summed E-state index contributed by atoms with van der Waals surface area (Å²) < 4.78 is 4.40. The smallest absolute Gasteiger partial charge is 0.325 e. The van der Waals surface area contributed by atoms with E-state index < -0.39 is 11.9 Å². The minimum Gasteiger partial charge on any atom is -0.468 e. The number of hydrogen-bond acceptors (Lipinski definition) is 5. The van der Waals surface area contributed by atoms with Gasteiger partial charge in [-0.05, 0) is 13.8 Å². The Balaban J connectivity index is 2.52. The molecule has 1 aromatic heterocycles. The number of nitrogens with one attached hydrogen (secondary N) is 3. The number of rotatable bonds is 5. The van der Waals surface area contributed by atoms with Crippen molar-refractivity contribution >= 4 is 17.7 Å². The average Bonchev–Trinajstić information content (AvgIpc) is 2.72. The molecular formula is C10H16N4O3. The fraction of sp³-hybridized carbons (Fsp3) is 0.500. The highest BCUT2D eigenvalue weighted by molar-refractivity contribution is 5.94. The summed E-state index contributed by atoms with van der Waals surface area (Å²) >= 11 is 0. The quantitative estimate of drug-likeness (QED) is 0.636. The average molecular weight is 240 g/mol. The second-order valence-electron chi connectivity index (χ2n) is 3.72. The van der Waals surface area contributed by atoms with E-state index in [1.54, 1.807) is 6.07 Å². The van der Waals surface area contributed by atoms with Crippen LogP contribution in [0.3, 0.4) is 0 Å². The lowest BCUT2D eigenvalue weighted by Crippen LogP contribution is -2.30. The van der Waals surface area contributed by atoms with Gasteiger partial charge in [0, 0.05) is 12.1 Å². The minimum absolute atomic E-state index is 0.165. The van der Waals surface area contributed by atoms with Gasteiger partial charge in [-0.3, -0.25) is 14.7 Å². The number of hydrogen-bond donors (Lipinski definition) is 3. The van der Waals surface area contributed by atoms with Gasteiger partial charge in [0.2, 0.25) is 0 Å². The monoisotopic (exact) mass is 240 g/mol. The molecule has 0 aliphatic rings. The van der Waals surface area contributed by atoms with E-state index in [1.165, 1.54) is 7.11 Å². The van der Waals surface area contributed by atoms with E-state index in [0.29, 0.717) is 5.82 Å². The molecule has 0 saturated heterocycles. The molecule has 1 amide bonds. The number of H-pyrrole nitrogens is 1. The van der Waals surface area contributed by atoms with Crippen molar-refractivity contribution in [1.82, 2.24) is 15.5 Å². The molecule has 17 heavy (non-hydrogen) atoms. The standard InChI is InChI=1S/C10H16N4O3/c1-6(2)12-8-4-7(13-14-8)10(16)11-5-9(15)17-3/h4,6H,5H2,1-3H3,(H,11,16)(H2,12,13,14). The van der Waals surface area contributed by atoms with E-state index >= 15 is 0 Å². The maximum atomic E-state index is 11.5. The van der Waals surface area contributed by atoms with E-state index in [-0.39, 0.29) is 18.3 Å². The number of nitrogens with zero attached hydrogens (tertiary/aromatic N) is 1. The fourth-order valence-electron chi connectivity index (χ4n) is 1.13. The van der Waals surface area contributed by atoms with Gasteiger partial charge in [-0.2, -0.15) is 5.10 Å². The summed E-state index contributed by atoms with van der Waals surface area (Å²) in [6.07, 6.45) is 0. The number of methoxy groups -OCH3 is 1. The van der Waals surface area contributed by atoms with Gasteiger partial charge in [-0.25, -0.2) is 0 Å². The molecule has 94 valence electrons. The first kappa shape index (κ1) is 13.0. The van der Waals surface area contributed by atoms with Crippen LogP contribution < -0.4 is 10.6 Å². The summed E-state index contributed by atoms with van der Waals surface area (Å²) in [5.41, 5.74) is 0.289. The van der Waals surface area contributed by atoms with Crippen LogP contribution in [0.15, 0.2) is 6.07 Å². The molecule has 0 radical (unpaired) electrons. The van der Waals surface area contributed by atoms with Crippen molar-refractivity contribution in [3.63, 3.8) is 0 Å². The summed E-state index contributed by atoms with van der Waals surface area (Å²) in [5.74, 6) is -0.318. The Kier molecular flexibility index (Phi) is 4.50. The number of amides is 1. The van der Waals surface area contributed by atoms with Crippen LogP contribution in [0.25, 0.3) is 0 Å². The Morgan fingerprint density at radius 2 is 2.24 bits per heavy atom. The van der Waals surface area contributed by atoms with Crippen LogP contribution >= 0.6 is 0 Å². The van der Waals surface area contributed by atoms with E-state index in [1.807, 2.05) is 13.8 Å². The van der Waals surface area contributed by atoms with Crippen molar-refractivity contribution in [2.45, 2.75) is 19.9 Å². The zero-order chi connectivity index (χ0) is 12.8. The molecule has 0 saturated carbocycles. The van der Waals surface area contributed by atoms with E-state index in [9.17, 15) is 9.59 Å². The van der Waals surface area contributed by atoms with Gasteiger partial charge in [-0.15, -0.1) is 0 Å². The number of ether oxygens (including phenoxy) is 1. The maximum absolute atomic E-state index is 11.5. The zero-order valence-corrected chi connectivity index (χ0v) is 10.0. The van der Waals surface area contributed by atoms with Crippen molar-refractivity contribution in [3.8, 4) is 0 Å². The number of aromatic amines is 1. The zero-order valence-electron chi connectivity index (χ0n) is 10.0. The third-order valence-electron chi connectivity index (χ3n) is 1.88. The molecule has 0 spiro atoms. The van der Waals surface area contributed by atoms with Crippen molar-refractivity contribution in [2.24, 2.45) is 0 Å². The highest BCUT2D eigenvalue weighted by Crippen LogP contribution is 2.06. The predicted molar refractivity (Wildman–Crippen MR) is 61.7 cm³/mol. The third kappa shape index (κ3) is 4.13.